The van der Waals surface area contributed by atoms with Crippen LogP contribution in [0.3, 0.4) is 0 Å². The molecule has 0 radical (unpaired) electrons. The van der Waals surface area contributed by atoms with E-state index < -0.39 is 0 Å². The molecule has 0 aliphatic heterocycles. The van der Waals surface area contributed by atoms with E-state index in [0.717, 1.165) is 11.3 Å². The van der Waals surface area contributed by atoms with E-state index in [0.29, 0.717) is 18.1 Å². The number of hydrogen-bond donors (Lipinski definition) is 1. The summed E-state index contributed by atoms with van der Waals surface area (Å²) >= 11 is 0. The number of rotatable bonds is 4. The molecule has 1 N–H and O–H groups in total. The van der Waals surface area contributed by atoms with E-state index in [-0.39, 0.29) is 11.5 Å². The molecule has 0 saturated heterocycles. The average molecular weight is 274 g/mol. The second kappa shape index (κ2) is 5.71. The van der Waals surface area contributed by atoms with E-state index in [4.69, 9.17) is 4.52 Å². The van der Waals surface area contributed by atoms with Gasteiger partial charge >= 0.3 is 0 Å². The predicted octanol–water partition coefficient (Wildman–Crippen LogP) is 2.62. The fourth-order valence-electron chi connectivity index (χ4n) is 2.17. The van der Waals surface area contributed by atoms with Crippen LogP contribution < -0.4 is 5.32 Å². The molecule has 20 heavy (non-hydrogen) atoms. The third-order valence-electron chi connectivity index (χ3n) is 3.46. The molecule has 1 unspecified atom stereocenters. The van der Waals surface area contributed by atoms with Gasteiger partial charge in [-0.05, 0) is 31.0 Å². The highest BCUT2D eigenvalue weighted by molar-refractivity contribution is 5.53. The third kappa shape index (κ3) is 3.22. The molecule has 0 aliphatic rings. The van der Waals surface area contributed by atoms with Gasteiger partial charge in [0.2, 0.25) is 11.7 Å². The Morgan fingerprint density at radius 3 is 2.70 bits per heavy atom. The molecule has 0 amide bonds. The largest absolute Gasteiger partial charge is 0.339 e. The first-order valence-electron chi connectivity index (χ1n) is 6.83. The van der Waals surface area contributed by atoms with Crippen LogP contribution in [0.1, 0.15) is 32.2 Å². The van der Waals surface area contributed by atoms with Crippen molar-refractivity contribution in [2.45, 2.75) is 40.2 Å². The quantitative estimate of drug-likeness (QED) is 0.928. The van der Waals surface area contributed by atoms with Gasteiger partial charge in [-0.2, -0.15) is 4.98 Å². The standard InChI is InChI=1S/C15H22N4O/c1-10-7-6-8-17-13(10)14-18-12(20-19-14)9-11(16-5)15(2,3)4/h6-8,11,16H,9H2,1-5H3. The number of hydrogen-bond acceptors (Lipinski definition) is 5. The van der Waals surface area contributed by atoms with Crippen molar-refractivity contribution in [3.8, 4) is 11.5 Å². The highest BCUT2D eigenvalue weighted by atomic mass is 16.5. The van der Waals surface area contributed by atoms with Crippen LogP contribution in [0.4, 0.5) is 0 Å². The van der Waals surface area contributed by atoms with Gasteiger partial charge in [-0.25, -0.2) is 0 Å². The van der Waals surface area contributed by atoms with Gasteiger partial charge in [-0.15, -0.1) is 0 Å². The Balaban J connectivity index is 2.20. The molecule has 0 aliphatic carbocycles. The lowest BCUT2D eigenvalue weighted by Gasteiger charge is -2.29. The summed E-state index contributed by atoms with van der Waals surface area (Å²) in [6, 6.07) is 4.17. The fraction of sp³-hybridized carbons (Fsp3) is 0.533. The second-order valence-electron chi connectivity index (χ2n) is 6.09. The minimum atomic E-state index is 0.129. The van der Waals surface area contributed by atoms with Crippen LogP contribution in [-0.2, 0) is 6.42 Å². The number of nitrogens with one attached hydrogen (secondary N) is 1. The number of pyridine rings is 1. The van der Waals surface area contributed by atoms with Crippen molar-refractivity contribution in [2.75, 3.05) is 7.05 Å². The molecule has 2 rings (SSSR count). The Hall–Kier alpha value is -1.75. The number of aromatic nitrogens is 3. The lowest BCUT2D eigenvalue weighted by Crippen LogP contribution is -2.39. The minimum absolute atomic E-state index is 0.129. The molecule has 5 heteroatoms. The molecule has 0 saturated carbocycles. The lowest BCUT2D eigenvalue weighted by molar-refractivity contribution is 0.255. The Morgan fingerprint density at radius 2 is 2.10 bits per heavy atom. The summed E-state index contributed by atoms with van der Waals surface area (Å²) in [7, 11) is 1.95. The van der Waals surface area contributed by atoms with Gasteiger partial charge in [0.15, 0.2) is 0 Å². The van der Waals surface area contributed by atoms with Crippen molar-refractivity contribution in [1.82, 2.24) is 20.4 Å². The SMILES string of the molecule is CNC(Cc1nc(-c2ncccc2C)no1)C(C)(C)C. The Bertz CT molecular complexity index is 571. The van der Waals surface area contributed by atoms with Crippen LogP contribution in [0.25, 0.3) is 11.5 Å². The summed E-state index contributed by atoms with van der Waals surface area (Å²) in [6.45, 7) is 8.56. The van der Waals surface area contributed by atoms with Crippen molar-refractivity contribution >= 4 is 0 Å². The maximum Gasteiger partial charge on any atom is 0.228 e. The summed E-state index contributed by atoms with van der Waals surface area (Å²) in [5.74, 6) is 1.20. The topological polar surface area (TPSA) is 63.8 Å². The van der Waals surface area contributed by atoms with Crippen molar-refractivity contribution < 1.29 is 4.52 Å². The first kappa shape index (κ1) is 14.7. The highest BCUT2D eigenvalue weighted by Gasteiger charge is 2.25. The molecule has 0 fully saturated rings. The maximum absolute atomic E-state index is 5.36. The molecule has 0 spiro atoms. The van der Waals surface area contributed by atoms with Gasteiger partial charge < -0.3 is 9.84 Å². The number of nitrogens with zero attached hydrogens (tertiary/aromatic N) is 3. The van der Waals surface area contributed by atoms with E-state index in [1.165, 1.54) is 0 Å². The molecule has 2 aromatic heterocycles. The minimum Gasteiger partial charge on any atom is -0.339 e. The molecule has 5 nitrogen and oxygen atoms in total. The number of aryl methyl sites for hydroxylation is 1. The van der Waals surface area contributed by atoms with Gasteiger partial charge in [0.1, 0.15) is 5.69 Å². The molecule has 1 atom stereocenters. The summed E-state index contributed by atoms with van der Waals surface area (Å²) < 4.78 is 5.36. The van der Waals surface area contributed by atoms with Gasteiger partial charge in [0.05, 0.1) is 0 Å². The van der Waals surface area contributed by atoms with E-state index in [9.17, 15) is 0 Å². The van der Waals surface area contributed by atoms with Crippen molar-refractivity contribution in [3.63, 3.8) is 0 Å². The second-order valence-corrected chi connectivity index (χ2v) is 6.09. The third-order valence-corrected chi connectivity index (χ3v) is 3.46. The molecule has 0 bridgehead atoms. The van der Waals surface area contributed by atoms with Crippen LogP contribution in [0.2, 0.25) is 0 Å². The zero-order chi connectivity index (χ0) is 14.8. The van der Waals surface area contributed by atoms with E-state index in [1.54, 1.807) is 6.20 Å². The van der Waals surface area contributed by atoms with Crippen LogP contribution in [0.15, 0.2) is 22.9 Å². The zero-order valence-corrected chi connectivity index (χ0v) is 12.8. The van der Waals surface area contributed by atoms with Crippen molar-refractivity contribution in [3.05, 3.63) is 29.8 Å². The summed E-state index contributed by atoms with van der Waals surface area (Å²) in [5, 5.41) is 7.35. The molecular weight excluding hydrogens is 252 g/mol. The Kier molecular flexibility index (Phi) is 4.18. The van der Waals surface area contributed by atoms with E-state index in [1.807, 2.05) is 26.1 Å². The summed E-state index contributed by atoms with van der Waals surface area (Å²) in [5.41, 5.74) is 1.95. The van der Waals surface area contributed by atoms with Crippen LogP contribution in [0, 0.1) is 12.3 Å². The smallest absolute Gasteiger partial charge is 0.228 e. The average Bonchev–Trinajstić information content (AvgIpc) is 2.83. The summed E-state index contributed by atoms with van der Waals surface area (Å²) in [4.78, 5) is 8.77. The van der Waals surface area contributed by atoms with Crippen LogP contribution in [0.5, 0.6) is 0 Å². The first-order valence-corrected chi connectivity index (χ1v) is 6.83. The maximum atomic E-state index is 5.36. The molecule has 0 aromatic carbocycles. The lowest BCUT2D eigenvalue weighted by atomic mass is 9.85. The Morgan fingerprint density at radius 1 is 1.35 bits per heavy atom. The Labute approximate surface area is 119 Å². The summed E-state index contributed by atoms with van der Waals surface area (Å²) in [6.07, 6.45) is 2.45. The van der Waals surface area contributed by atoms with E-state index in [2.05, 4.69) is 41.2 Å². The fourth-order valence-corrected chi connectivity index (χ4v) is 2.17. The molecule has 2 heterocycles. The van der Waals surface area contributed by atoms with Crippen molar-refractivity contribution in [2.24, 2.45) is 5.41 Å². The molecule has 108 valence electrons. The highest BCUT2D eigenvalue weighted by Crippen LogP contribution is 2.23. The van der Waals surface area contributed by atoms with Gasteiger partial charge in [-0.1, -0.05) is 32.0 Å². The van der Waals surface area contributed by atoms with Gasteiger partial charge in [0.25, 0.3) is 0 Å². The van der Waals surface area contributed by atoms with Crippen molar-refractivity contribution in [1.29, 1.82) is 0 Å². The van der Waals surface area contributed by atoms with Crippen LogP contribution >= 0.6 is 0 Å². The van der Waals surface area contributed by atoms with Gasteiger partial charge in [-0.3, -0.25) is 4.98 Å². The monoisotopic (exact) mass is 274 g/mol. The molecular formula is C15H22N4O. The predicted molar refractivity (Wildman–Crippen MR) is 78.3 cm³/mol. The molecule has 2 aromatic rings. The van der Waals surface area contributed by atoms with Gasteiger partial charge in [0, 0.05) is 18.7 Å². The number of likely N-dealkylation sites (N-methyl/N-ethyl adjacent to an activating group) is 1. The van der Waals surface area contributed by atoms with E-state index >= 15 is 0 Å². The van der Waals surface area contributed by atoms with Crippen LogP contribution in [-0.4, -0.2) is 28.2 Å². The zero-order valence-electron chi connectivity index (χ0n) is 12.8. The first-order chi connectivity index (χ1) is 9.41. The normalized spacial score (nSPS) is 13.4.